The van der Waals surface area contributed by atoms with E-state index in [1.807, 2.05) is 19.0 Å². The maximum atomic E-state index is 13.9. The van der Waals surface area contributed by atoms with E-state index >= 15 is 0 Å². The fourth-order valence-electron chi connectivity index (χ4n) is 5.60. The monoisotopic (exact) mass is 695 g/mol. The second-order valence-electron chi connectivity index (χ2n) is 11.5. The van der Waals surface area contributed by atoms with Crippen LogP contribution in [-0.2, 0) is 36.8 Å². The van der Waals surface area contributed by atoms with E-state index in [0.29, 0.717) is 34.6 Å². The van der Waals surface area contributed by atoms with Crippen molar-refractivity contribution in [2.45, 2.75) is 73.7 Å². The molecule has 1 aliphatic carbocycles. The molecule has 2 aromatic heterocycles. The van der Waals surface area contributed by atoms with Gasteiger partial charge in [-0.15, -0.1) is 28.2 Å². The number of nitrogens with two attached hydrogens (primary N) is 1. The summed E-state index contributed by atoms with van der Waals surface area (Å²) in [6.07, 6.45) is 3.39. The highest BCUT2D eigenvalue weighted by Gasteiger charge is 2.65. The molecule has 0 spiro atoms. The summed E-state index contributed by atoms with van der Waals surface area (Å²) >= 11 is 3.81. The molecular weight excluding hydrogens is 659 g/mol. The summed E-state index contributed by atoms with van der Waals surface area (Å²) in [6.45, 7) is 1.06. The minimum absolute atomic E-state index is 0.0671. The molecule has 0 radical (unpaired) electrons. The van der Waals surface area contributed by atoms with Gasteiger partial charge in [-0.1, -0.05) is 18.2 Å². The highest BCUT2D eigenvalue weighted by molar-refractivity contribution is 8.01. The molecule has 2 aromatic rings. The zero-order chi connectivity index (χ0) is 32.8. The van der Waals surface area contributed by atoms with Crippen molar-refractivity contribution in [2.75, 3.05) is 44.5 Å². The van der Waals surface area contributed by atoms with Crippen LogP contribution in [0.3, 0.4) is 0 Å². The maximum absolute atomic E-state index is 13.9. The topological polar surface area (TPSA) is 208 Å². The van der Waals surface area contributed by atoms with Crippen LogP contribution in [0.5, 0.6) is 0 Å². The number of carbonyl (C=O) groups is 4. The van der Waals surface area contributed by atoms with Gasteiger partial charge in [0.05, 0.1) is 25.3 Å². The molecule has 19 heteroatoms. The number of thiazole rings is 1. The zero-order valence-electron chi connectivity index (χ0n) is 25.5. The molecule has 0 unspecified atom stereocenters. The van der Waals surface area contributed by atoms with Crippen LogP contribution in [0, 0.1) is 0 Å². The summed E-state index contributed by atoms with van der Waals surface area (Å²) in [4.78, 5) is 59.5. The highest BCUT2D eigenvalue weighted by Crippen LogP contribution is 2.48. The van der Waals surface area contributed by atoms with Gasteiger partial charge in [-0.3, -0.25) is 14.5 Å². The second-order valence-corrected chi connectivity index (χ2v) is 14.4. The number of nitrogens with one attached hydrogen (secondary N) is 1. The van der Waals surface area contributed by atoms with Gasteiger partial charge in [-0.05, 0) is 55.8 Å². The van der Waals surface area contributed by atoms with Crippen molar-refractivity contribution in [2.24, 2.45) is 0 Å². The largest absolute Gasteiger partial charge is 0.508 e. The number of tetrazole rings is 1. The van der Waals surface area contributed by atoms with E-state index in [0.717, 1.165) is 32.1 Å². The van der Waals surface area contributed by atoms with Crippen molar-refractivity contribution in [1.29, 1.82) is 0 Å². The number of carbonyl (C=O) groups excluding carboxylic acids is 3. The Kier molecular flexibility index (Phi) is 11.1. The molecule has 0 aromatic carbocycles. The zero-order valence-corrected chi connectivity index (χ0v) is 28.0. The van der Waals surface area contributed by atoms with Gasteiger partial charge in [0.25, 0.3) is 5.91 Å². The molecule has 2 fully saturated rings. The van der Waals surface area contributed by atoms with E-state index in [4.69, 9.17) is 15.2 Å². The highest BCUT2D eigenvalue weighted by atomic mass is 32.2. The number of hydrogen-bond acceptors (Lipinski definition) is 15. The van der Waals surface area contributed by atoms with Crippen LogP contribution in [-0.4, -0.2) is 120 Å². The van der Waals surface area contributed by atoms with E-state index in [9.17, 15) is 24.3 Å². The second kappa shape index (κ2) is 15.0. The van der Waals surface area contributed by atoms with Gasteiger partial charge in [0.15, 0.2) is 10.7 Å². The lowest BCUT2D eigenvalue weighted by Crippen LogP contribution is -2.80. The normalized spacial score (nSPS) is 21.6. The van der Waals surface area contributed by atoms with Crippen LogP contribution in [0.1, 0.15) is 44.2 Å². The molecule has 2 atom stereocenters. The number of rotatable bonds is 14. The molecule has 0 bridgehead atoms. The molecule has 16 nitrogen and oxygen atoms in total. The molecule has 2 amide bonds. The Hall–Kier alpha value is -3.42. The lowest BCUT2D eigenvalue weighted by Gasteiger charge is -2.57. The summed E-state index contributed by atoms with van der Waals surface area (Å²) in [5, 5.41) is 26.7. The first-order valence-corrected chi connectivity index (χ1v) is 17.8. The van der Waals surface area contributed by atoms with Gasteiger partial charge in [-0.25, -0.2) is 19.3 Å². The van der Waals surface area contributed by atoms with Crippen molar-refractivity contribution >= 4 is 63.9 Å². The Morgan fingerprint density at radius 1 is 1.26 bits per heavy atom. The van der Waals surface area contributed by atoms with Gasteiger partial charge in [0, 0.05) is 29.9 Å². The van der Waals surface area contributed by atoms with E-state index in [1.165, 1.54) is 39.8 Å². The number of carboxylic acid groups (broad SMARTS) is 1. The molecule has 4 N–H and O–H groups in total. The predicted molar refractivity (Wildman–Crippen MR) is 170 cm³/mol. The third-order valence-electron chi connectivity index (χ3n) is 7.89. The lowest BCUT2D eigenvalue weighted by molar-refractivity contribution is -0.160. The van der Waals surface area contributed by atoms with E-state index < -0.39 is 34.9 Å². The van der Waals surface area contributed by atoms with Crippen LogP contribution in [0.2, 0.25) is 0 Å². The van der Waals surface area contributed by atoms with Crippen molar-refractivity contribution in [1.82, 2.24) is 40.3 Å². The van der Waals surface area contributed by atoms with Gasteiger partial charge in [-0.2, -0.15) is 0 Å². The average Bonchev–Trinajstić information content (AvgIpc) is 3.65. The summed E-state index contributed by atoms with van der Waals surface area (Å²) in [6, 6.07) is 0. The molecule has 3 aliphatic rings. The van der Waals surface area contributed by atoms with E-state index in [1.54, 1.807) is 10.1 Å². The number of likely N-dealkylation sites (N-methyl/N-ethyl adjacent to an activating group) is 1. The smallest absolute Gasteiger partial charge is 0.477 e. The number of amides is 2. The van der Waals surface area contributed by atoms with Crippen molar-refractivity contribution < 1.29 is 33.8 Å². The van der Waals surface area contributed by atoms with E-state index in [-0.39, 0.29) is 42.8 Å². The molecule has 250 valence electrons. The minimum atomic E-state index is -1.51. The molecule has 1 saturated heterocycles. The summed E-state index contributed by atoms with van der Waals surface area (Å²) < 4.78 is 12.4. The lowest BCUT2D eigenvalue weighted by atomic mass is 9.83. The Morgan fingerprint density at radius 3 is 2.74 bits per heavy atom. The van der Waals surface area contributed by atoms with Crippen LogP contribution in [0.4, 0.5) is 9.93 Å². The number of aromatic nitrogens is 5. The predicted octanol–water partition coefficient (Wildman–Crippen LogP) is 1.59. The van der Waals surface area contributed by atoms with Crippen LogP contribution in [0.15, 0.2) is 21.8 Å². The fraction of sp³-hybridized carbons (Fsp3) is 0.630. The number of β-lactam (4-membered cyclic amide) rings is 1. The molecule has 5 rings (SSSR count). The summed E-state index contributed by atoms with van der Waals surface area (Å²) in [5.41, 5.74) is 5.04. The first-order chi connectivity index (χ1) is 22.1. The number of hydrogen-bond donors (Lipinski definition) is 3. The molecule has 1 saturated carbocycles. The molecule has 46 heavy (non-hydrogen) atoms. The van der Waals surface area contributed by atoms with Crippen molar-refractivity contribution in [3.05, 3.63) is 22.3 Å². The van der Waals surface area contributed by atoms with Crippen LogP contribution >= 0.6 is 34.9 Å². The van der Waals surface area contributed by atoms with Crippen molar-refractivity contribution in [3.8, 4) is 0 Å². The van der Waals surface area contributed by atoms with Gasteiger partial charge in [0.1, 0.15) is 17.2 Å². The van der Waals surface area contributed by atoms with Gasteiger partial charge in [0.2, 0.25) is 11.1 Å². The molecular formula is C27H37N9O7S3. The minimum Gasteiger partial charge on any atom is -0.477 e. The van der Waals surface area contributed by atoms with Crippen LogP contribution in [0.25, 0.3) is 0 Å². The number of ether oxygens (including phenoxy) is 2. The quantitative estimate of drug-likeness (QED) is 0.146. The summed E-state index contributed by atoms with van der Waals surface area (Å²) in [5.74, 6) is -1.82. The first kappa shape index (κ1) is 33.9. The average molecular weight is 696 g/mol. The number of carboxylic acids is 1. The first-order valence-electron chi connectivity index (χ1n) is 14.9. The van der Waals surface area contributed by atoms with E-state index in [2.05, 4.69) is 25.8 Å². The third kappa shape index (κ3) is 7.75. The number of aliphatic carboxylic acids is 1. The number of anilines is 1. The Bertz CT molecular complexity index is 1480. The van der Waals surface area contributed by atoms with Gasteiger partial charge < -0.3 is 30.5 Å². The van der Waals surface area contributed by atoms with Crippen LogP contribution < -0.4 is 11.1 Å². The van der Waals surface area contributed by atoms with Crippen molar-refractivity contribution in [3.63, 3.8) is 0 Å². The summed E-state index contributed by atoms with van der Waals surface area (Å²) in [7, 11) is 3.88. The molecule has 4 heterocycles. The number of thioether (sulfide) groups is 2. The number of fused-ring (bicyclic) bond motifs is 1. The SMILES string of the molecule is CN(C)CCn1nnnc1SCC1=C(C(=O)O)N2C(=O)[C@@](CCOC(=O)OC3CCCCC3)(NC(=O)Cc3csc(N)n3)[C@@H]2SC1. The Labute approximate surface area is 277 Å². The van der Waals surface area contributed by atoms with Gasteiger partial charge >= 0.3 is 12.1 Å². The molecule has 2 aliphatic heterocycles. The number of nitrogens with zero attached hydrogens (tertiary/aromatic N) is 7. The standard InChI is InChI=1S/C27H37N9O7S3/c1-34(2)9-10-35-25(31-32-33-35)46-14-16-13-44-23-27(22(40)36(23)20(16)21(38)39,30-19(37)12-17-15-45-24(28)29-17)8-11-42-26(41)43-18-6-4-3-5-7-18/h15,18,23H,3-14H2,1-2H3,(H2,28,29)(H,30,37)(H,38,39)/t23-,27+/m0/s1. The third-order valence-corrected chi connectivity index (χ3v) is 11.1. The maximum Gasteiger partial charge on any atom is 0.508 e. The number of nitrogen functional groups attached to an aromatic ring is 1. The Balaban J connectivity index is 1.30. The Morgan fingerprint density at radius 2 is 2.04 bits per heavy atom. The fourth-order valence-corrected chi connectivity index (χ4v) is 8.72.